The van der Waals surface area contributed by atoms with Gasteiger partial charge < -0.3 is 19.4 Å². The summed E-state index contributed by atoms with van der Waals surface area (Å²) in [7, 11) is 0. The van der Waals surface area contributed by atoms with E-state index in [-0.39, 0.29) is 11.7 Å². The number of aryl methyl sites for hydroxylation is 1. The summed E-state index contributed by atoms with van der Waals surface area (Å²) in [6.07, 6.45) is 1.56. The number of benzene rings is 1. The highest BCUT2D eigenvalue weighted by atomic mass is 16.6. The molecule has 1 aromatic carbocycles. The van der Waals surface area contributed by atoms with Gasteiger partial charge >= 0.3 is 11.7 Å². The molecule has 0 aliphatic rings. The van der Waals surface area contributed by atoms with Crippen molar-refractivity contribution in [3.8, 4) is 23.0 Å². The maximum atomic E-state index is 11.4. The van der Waals surface area contributed by atoms with Gasteiger partial charge in [-0.1, -0.05) is 11.2 Å². The van der Waals surface area contributed by atoms with Crippen LogP contribution in [0.1, 0.15) is 5.89 Å². The molecule has 0 saturated carbocycles. The number of imidazole rings is 1. The molecule has 0 amide bonds. The molecule has 0 aliphatic heterocycles. The van der Waals surface area contributed by atoms with Crippen molar-refractivity contribution in [1.29, 1.82) is 0 Å². The van der Waals surface area contributed by atoms with E-state index >= 15 is 0 Å². The normalized spacial score (nSPS) is 10.9. The number of nitro groups is 1. The zero-order valence-electron chi connectivity index (χ0n) is 13.0. The first-order chi connectivity index (χ1) is 12.1. The Hall–Kier alpha value is -3.75. The molecule has 3 heterocycles. The average molecular weight is 337 g/mol. The van der Waals surface area contributed by atoms with Crippen LogP contribution in [0.4, 0.5) is 5.82 Å². The van der Waals surface area contributed by atoms with Crippen molar-refractivity contribution in [1.82, 2.24) is 19.5 Å². The second kappa shape index (κ2) is 5.71. The van der Waals surface area contributed by atoms with Crippen LogP contribution in [0.15, 0.2) is 53.2 Å². The lowest BCUT2D eigenvalue weighted by Crippen LogP contribution is -1.96. The molecule has 25 heavy (non-hydrogen) atoms. The second-order valence-corrected chi connectivity index (χ2v) is 5.19. The quantitative estimate of drug-likeness (QED) is 0.415. The zero-order valence-corrected chi connectivity index (χ0v) is 13.0. The van der Waals surface area contributed by atoms with E-state index in [0.29, 0.717) is 23.1 Å². The van der Waals surface area contributed by atoms with Crippen LogP contribution in [-0.4, -0.2) is 24.4 Å². The second-order valence-electron chi connectivity index (χ2n) is 5.19. The topological polar surface area (TPSA) is 109 Å². The number of pyridine rings is 1. The first kappa shape index (κ1) is 14.8. The smallest absolute Gasteiger partial charge is 0.392 e. The Morgan fingerprint density at radius 1 is 1.16 bits per heavy atom. The van der Waals surface area contributed by atoms with Gasteiger partial charge in [-0.15, -0.1) is 0 Å². The monoisotopic (exact) mass is 337 g/mol. The number of hydrogen-bond donors (Lipinski definition) is 0. The minimum atomic E-state index is -0.522. The van der Waals surface area contributed by atoms with Gasteiger partial charge in [-0.05, 0) is 35.3 Å². The Morgan fingerprint density at radius 2 is 1.96 bits per heavy atom. The third kappa shape index (κ3) is 2.67. The van der Waals surface area contributed by atoms with E-state index in [1.807, 2.05) is 0 Å². The molecule has 0 spiro atoms. The van der Waals surface area contributed by atoms with E-state index in [9.17, 15) is 10.1 Å². The largest absolute Gasteiger partial charge is 0.433 e. The van der Waals surface area contributed by atoms with Crippen LogP contribution >= 0.6 is 0 Å². The van der Waals surface area contributed by atoms with Crippen LogP contribution < -0.4 is 4.74 Å². The standard InChI is InChI=1S/C16H11N5O4/c1-10-17-14(19-25-10)11-5-7-12(8-6-11)24-15-16(21(22)23)20-9-3-2-4-13(20)18-15/h2-9H,1H3. The molecule has 4 aromatic rings. The van der Waals surface area contributed by atoms with E-state index in [2.05, 4.69) is 15.1 Å². The van der Waals surface area contributed by atoms with Gasteiger partial charge in [0, 0.05) is 18.6 Å². The third-order valence-electron chi connectivity index (χ3n) is 3.50. The van der Waals surface area contributed by atoms with Crippen molar-refractivity contribution < 1.29 is 14.2 Å². The Kier molecular flexibility index (Phi) is 3.38. The Labute approximate surface area is 140 Å². The number of aromatic nitrogens is 4. The highest BCUT2D eigenvalue weighted by Gasteiger charge is 2.24. The lowest BCUT2D eigenvalue weighted by molar-refractivity contribution is -0.391. The highest BCUT2D eigenvalue weighted by Crippen LogP contribution is 2.32. The molecule has 9 heteroatoms. The average Bonchev–Trinajstić information content (AvgIpc) is 3.18. The lowest BCUT2D eigenvalue weighted by Gasteiger charge is -2.03. The van der Waals surface area contributed by atoms with Gasteiger partial charge in [-0.3, -0.25) is 0 Å². The molecule has 0 atom stereocenters. The van der Waals surface area contributed by atoms with Crippen molar-refractivity contribution in [3.63, 3.8) is 0 Å². The molecule has 0 radical (unpaired) electrons. The van der Waals surface area contributed by atoms with Crippen molar-refractivity contribution >= 4 is 11.5 Å². The maximum absolute atomic E-state index is 11.4. The molecule has 3 aromatic heterocycles. The number of rotatable bonds is 4. The Bertz CT molecular complexity index is 1070. The molecular formula is C16H11N5O4. The summed E-state index contributed by atoms with van der Waals surface area (Å²) in [5.41, 5.74) is 1.18. The van der Waals surface area contributed by atoms with Crippen LogP contribution in [-0.2, 0) is 0 Å². The molecule has 4 rings (SSSR count). The summed E-state index contributed by atoms with van der Waals surface area (Å²) in [5.74, 6) is 1.04. The summed E-state index contributed by atoms with van der Waals surface area (Å²) < 4.78 is 11.9. The summed E-state index contributed by atoms with van der Waals surface area (Å²) in [6, 6.07) is 11.9. The van der Waals surface area contributed by atoms with E-state index < -0.39 is 4.92 Å². The molecular weight excluding hydrogens is 326 g/mol. The molecule has 0 fully saturated rings. The number of ether oxygens (including phenoxy) is 1. The van der Waals surface area contributed by atoms with Gasteiger partial charge in [0.05, 0.1) is 6.20 Å². The van der Waals surface area contributed by atoms with E-state index in [1.54, 1.807) is 55.6 Å². The molecule has 9 nitrogen and oxygen atoms in total. The SMILES string of the molecule is Cc1nc(-c2ccc(Oc3nc4ccccn4c3[N+](=O)[O-])cc2)no1. The molecule has 0 bridgehead atoms. The predicted molar refractivity (Wildman–Crippen MR) is 86.4 cm³/mol. The predicted octanol–water partition coefficient (Wildman–Crippen LogP) is 3.39. The fraction of sp³-hybridized carbons (Fsp3) is 0.0625. The molecule has 0 aliphatic carbocycles. The minimum Gasteiger partial charge on any atom is -0.433 e. The maximum Gasteiger partial charge on any atom is 0.392 e. The first-order valence-corrected chi connectivity index (χ1v) is 7.32. The van der Waals surface area contributed by atoms with Gasteiger partial charge in [0.1, 0.15) is 5.75 Å². The van der Waals surface area contributed by atoms with E-state index in [4.69, 9.17) is 9.26 Å². The van der Waals surface area contributed by atoms with Crippen LogP contribution in [0.5, 0.6) is 11.6 Å². The molecule has 0 unspecified atom stereocenters. The van der Waals surface area contributed by atoms with Crippen molar-refractivity contribution in [2.24, 2.45) is 0 Å². The first-order valence-electron chi connectivity index (χ1n) is 7.32. The van der Waals surface area contributed by atoms with Gasteiger partial charge in [0.2, 0.25) is 17.4 Å². The van der Waals surface area contributed by atoms with E-state index in [1.165, 1.54) is 4.40 Å². The number of nitrogens with zero attached hydrogens (tertiary/aromatic N) is 5. The fourth-order valence-electron chi connectivity index (χ4n) is 2.40. The minimum absolute atomic E-state index is 0.0700. The number of hydrogen-bond acceptors (Lipinski definition) is 7. The Balaban J connectivity index is 1.67. The van der Waals surface area contributed by atoms with Gasteiger partial charge in [-0.25, -0.2) is 0 Å². The third-order valence-corrected chi connectivity index (χ3v) is 3.50. The zero-order chi connectivity index (χ0) is 17.4. The Morgan fingerprint density at radius 3 is 2.64 bits per heavy atom. The summed E-state index contributed by atoms with van der Waals surface area (Å²) >= 11 is 0. The van der Waals surface area contributed by atoms with Crippen LogP contribution in [0.3, 0.4) is 0 Å². The summed E-state index contributed by atoms with van der Waals surface area (Å²) in [6.45, 7) is 1.70. The van der Waals surface area contributed by atoms with E-state index in [0.717, 1.165) is 5.56 Å². The highest BCUT2D eigenvalue weighted by molar-refractivity contribution is 5.57. The molecule has 124 valence electrons. The van der Waals surface area contributed by atoms with Crippen LogP contribution in [0.2, 0.25) is 0 Å². The van der Waals surface area contributed by atoms with Crippen LogP contribution in [0.25, 0.3) is 17.0 Å². The fourth-order valence-corrected chi connectivity index (χ4v) is 2.40. The van der Waals surface area contributed by atoms with Crippen molar-refractivity contribution in [2.75, 3.05) is 0 Å². The lowest BCUT2D eigenvalue weighted by atomic mass is 10.2. The van der Waals surface area contributed by atoms with Gasteiger partial charge in [-0.2, -0.15) is 14.4 Å². The van der Waals surface area contributed by atoms with Crippen LogP contribution in [0, 0.1) is 17.0 Å². The number of fused-ring (bicyclic) bond motifs is 1. The van der Waals surface area contributed by atoms with Crippen molar-refractivity contribution in [2.45, 2.75) is 6.92 Å². The van der Waals surface area contributed by atoms with Gasteiger partial charge in [0.25, 0.3) is 0 Å². The molecule has 0 N–H and O–H groups in total. The van der Waals surface area contributed by atoms with Gasteiger partial charge in [0.15, 0.2) is 0 Å². The van der Waals surface area contributed by atoms with Crippen molar-refractivity contribution in [3.05, 3.63) is 64.7 Å². The summed E-state index contributed by atoms with van der Waals surface area (Å²) in [5, 5.41) is 15.2. The summed E-state index contributed by atoms with van der Waals surface area (Å²) in [4.78, 5) is 19.2. The molecule has 0 saturated heterocycles.